The van der Waals surface area contributed by atoms with Gasteiger partial charge in [-0.3, -0.25) is 0 Å². The quantitative estimate of drug-likeness (QED) is 0.381. The molecule has 0 aliphatic carbocycles. The van der Waals surface area contributed by atoms with Gasteiger partial charge in [-0.2, -0.15) is 0 Å². The fourth-order valence-electron chi connectivity index (χ4n) is 1.50. The lowest BCUT2D eigenvalue weighted by Crippen LogP contribution is -2.60. The molecule has 2 rings (SSSR count). The summed E-state index contributed by atoms with van der Waals surface area (Å²) >= 11 is 0. The summed E-state index contributed by atoms with van der Waals surface area (Å²) in [5, 5.41) is 26.0. The Morgan fingerprint density at radius 3 is 2.67 bits per heavy atom. The van der Waals surface area contributed by atoms with Gasteiger partial charge in [-0.25, -0.2) is 0 Å². The Labute approximate surface area is 85.7 Å². The van der Waals surface area contributed by atoms with Crippen LogP contribution in [0.2, 0.25) is 0 Å². The number of nitrogens with zero attached hydrogens (tertiary/aromatic N) is 2. The van der Waals surface area contributed by atoms with Crippen LogP contribution in [0.25, 0.3) is 10.9 Å². The zero-order valence-electron chi connectivity index (χ0n) is 8.10. The number of fused-ring (bicyclic) bond motifs is 1. The molecular formula is C9H10N4O2. The van der Waals surface area contributed by atoms with Gasteiger partial charge in [-0.05, 0) is 12.1 Å². The van der Waals surface area contributed by atoms with Gasteiger partial charge in [0.25, 0.3) is 6.20 Å². The van der Waals surface area contributed by atoms with Gasteiger partial charge in [-0.1, -0.05) is 0 Å². The third-order valence-electron chi connectivity index (χ3n) is 2.26. The van der Waals surface area contributed by atoms with Crippen LogP contribution in [0.4, 0.5) is 11.4 Å². The highest BCUT2D eigenvalue weighted by Crippen LogP contribution is 2.23. The standard InChI is InChI=1S/C9H10N4O2/c1-11-8-3-2-7(10)6-4-5-12(14)13(15)9(6)8/h2-5,11H,10H2,1H3. The van der Waals surface area contributed by atoms with Gasteiger partial charge in [0, 0.05) is 18.8 Å². The lowest BCUT2D eigenvalue weighted by atomic mass is 10.1. The van der Waals surface area contributed by atoms with Gasteiger partial charge in [0.15, 0.2) is 0 Å². The molecule has 0 saturated heterocycles. The van der Waals surface area contributed by atoms with Crippen LogP contribution < -0.4 is 20.7 Å². The van der Waals surface area contributed by atoms with Crippen molar-refractivity contribution in [3.8, 4) is 0 Å². The zero-order chi connectivity index (χ0) is 11.0. The number of hydrogen-bond donors (Lipinski definition) is 2. The highest BCUT2D eigenvalue weighted by atomic mass is 16.6. The number of benzene rings is 1. The van der Waals surface area contributed by atoms with Crippen molar-refractivity contribution in [2.75, 3.05) is 18.1 Å². The van der Waals surface area contributed by atoms with E-state index in [2.05, 4.69) is 5.32 Å². The molecule has 6 nitrogen and oxygen atoms in total. The van der Waals surface area contributed by atoms with Crippen LogP contribution in [-0.2, 0) is 0 Å². The molecule has 1 heterocycles. The van der Waals surface area contributed by atoms with Crippen molar-refractivity contribution in [2.24, 2.45) is 0 Å². The Kier molecular flexibility index (Phi) is 1.96. The summed E-state index contributed by atoms with van der Waals surface area (Å²) in [7, 11) is 1.67. The second-order valence-corrected chi connectivity index (χ2v) is 3.11. The maximum atomic E-state index is 11.5. The van der Waals surface area contributed by atoms with Gasteiger partial charge >= 0.3 is 5.52 Å². The minimum Gasteiger partial charge on any atom is -0.561 e. The largest absolute Gasteiger partial charge is 0.561 e. The molecule has 1 aromatic heterocycles. The number of aromatic nitrogens is 2. The molecule has 0 atom stereocenters. The van der Waals surface area contributed by atoms with Crippen LogP contribution >= 0.6 is 0 Å². The van der Waals surface area contributed by atoms with Crippen molar-refractivity contribution in [2.45, 2.75) is 0 Å². The van der Waals surface area contributed by atoms with Crippen molar-refractivity contribution in [3.63, 3.8) is 0 Å². The van der Waals surface area contributed by atoms with E-state index >= 15 is 0 Å². The van der Waals surface area contributed by atoms with E-state index in [9.17, 15) is 10.4 Å². The number of nitrogens with one attached hydrogen (secondary N) is 1. The van der Waals surface area contributed by atoms with Crippen molar-refractivity contribution < 1.29 is 9.69 Å². The van der Waals surface area contributed by atoms with E-state index in [4.69, 9.17) is 5.73 Å². The molecule has 0 spiro atoms. The van der Waals surface area contributed by atoms with Gasteiger partial charge < -0.3 is 21.5 Å². The van der Waals surface area contributed by atoms with E-state index in [1.807, 2.05) is 0 Å². The highest BCUT2D eigenvalue weighted by molar-refractivity contribution is 5.95. The molecule has 78 valence electrons. The average molecular weight is 206 g/mol. The van der Waals surface area contributed by atoms with Gasteiger partial charge in [0.1, 0.15) is 5.69 Å². The lowest BCUT2D eigenvalue weighted by Gasteiger charge is -2.06. The summed E-state index contributed by atoms with van der Waals surface area (Å²) in [5.41, 5.74) is 6.99. The molecule has 0 unspecified atom stereocenters. The molecule has 0 amide bonds. The van der Waals surface area contributed by atoms with Crippen LogP contribution in [0, 0.1) is 10.4 Å². The van der Waals surface area contributed by atoms with Crippen molar-refractivity contribution in [1.29, 1.82) is 0 Å². The number of nitrogen functional groups attached to an aromatic ring is 1. The summed E-state index contributed by atoms with van der Waals surface area (Å²) < 4.78 is 0. The van der Waals surface area contributed by atoms with Gasteiger partial charge in [0.05, 0.1) is 15.1 Å². The van der Waals surface area contributed by atoms with Crippen molar-refractivity contribution in [3.05, 3.63) is 34.8 Å². The molecule has 0 aliphatic rings. The average Bonchev–Trinajstić information content (AvgIpc) is 2.24. The van der Waals surface area contributed by atoms with E-state index in [0.717, 1.165) is 6.20 Å². The first-order valence-electron chi connectivity index (χ1n) is 4.37. The minimum atomic E-state index is 0.211. The maximum absolute atomic E-state index is 11.5. The topological polar surface area (TPSA) is 91.9 Å². The fourth-order valence-corrected chi connectivity index (χ4v) is 1.50. The van der Waals surface area contributed by atoms with Crippen molar-refractivity contribution in [1.82, 2.24) is 0 Å². The van der Waals surface area contributed by atoms with Gasteiger partial charge in [-0.15, -0.1) is 0 Å². The Balaban J connectivity index is 2.95. The van der Waals surface area contributed by atoms with E-state index < -0.39 is 0 Å². The first-order valence-corrected chi connectivity index (χ1v) is 4.37. The second kappa shape index (κ2) is 3.16. The molecule has 0 bridgehead atoms. The molecule has 2 aromatic rings. The Bertz CT molecular complexity index is 527. The van der Waals surface area contributed by atoms with Crippen LogP contribution in [0.1, 0.15) is 0 Å². The Morgan fingerprint density at radius 1 is 1.27 bits per heavy atom. The van der Waals surface area contributed by atoms with Crippen LogP contribution in [0.15, 0.2) is 24.4 Å². The van der Waals surface area contributed by atoms with E-state index in [1.54, 1.807) is 19.2 Å². The molecule has 6 heteroatoms. The molecule has 3 N–H and O–H groups in total. The first-order chi connectivity index (χ1) is 7.15. The Morgan fingerprint density at radius 2 is 2.00 bits per heavy atom. The maximum Gasteiger partial charge on any atom is 0.320 e. The Hall–Kier alpha value is -2.24. The molecular weight excluding hydrogens is 196 g/mol. The van der Waals surface area contributed by atoms with Gasteiger partial charge in [0.2, 0.25) is 0 Å². The summed E-state index contributed by atoms with van der Waals surface area (Å²) in [6.45, 7) is 0. The first kappa shape index (κ1) is 9.32. The third-order valence-corrected chi connectivity index (χ3v) is 2.26. The van der Waals surface area contributed by atoms with E-state index in [1.165, 1.54) is 6.07 Å². The van der Waals surface area contributed by atoms with Crippen molar-refractivity contribution >= 4 is 22.3 Å². The molecule has 0 aliphatic heterocycles. The summed E-state index contributed by atoms with van der Waals surface area (Å²) in [6, 6.07) is 4.86. The molecule has 1 aromatic carbocycles. The molecule has 0 radical (unpaired) electrons. The number of rotatable bonds is 1. The zero-order valence-corrected chi connectivity index (χ0v) is 8.10. The predicted molar refractivity (Wildman–Crippen MR) is 55.8 cm³/mol. The fraction of sp³-hybridized carbons (Fsp3) is 0.111. The summed E-state index contributed by atoms with van der Waals surface area (Å²) in [4.78, 5) is 0.472. The molecule has 0 saturated carbocycles. The second-order valence-electron chi connectivity index (χ2n) is 3.11. The summed E-state index contributed by atoms with van der Waals surface area (Å²) in [6.07, 6.45) is 1.13. The highest BCUT2D eigenvalue weighted by Gasteiger charge is 2.17. The lowest BCUT2D eigenvalue weighted by molar-refractivity contribution is -1.18. The SMILES string of the molecule is CNc1ccc(N)c2cc[n+]([O-])[n+]([O-])c12. The number of hydrogen-bond acceptors (Lipinski definition) is 4. The van der Waals surface area contributed by atoms with E-state index in [0.29, 0.717) is 16.8 Å². The van der Waals surface area contributed by atoms with Crippen LogP contribution in [0.3, 0.4) is 0 Å². The smallest absolute Gasteiger partial charge is 0.320 e. The molecule has 0 fully saturated rings. The summed E-state index contributed by atoms with van der Waals surface area (Å²) in [5.74, 6) is 0. The normalized spacial score (nSPS) is 10.5. The third kappa shape index (κ3) is 1.26. The van der Waals surface area contributed by atoms with Crippen LogP contribution in [0.5, 0.6) is 0 Å². The monoisotopic (exact) mass is 206 g/mol. The minimum absolute atomic E-state index is 0.211. The number of nitrogens with two attached hydrogens (primary N) is 1. The van der Waals surface area contributed by atoms with Crippen LogP contribution in [-0.4, -0.2) is 7.05 Å². The number of anilines is 2. The molecule has 15 heavy (non-hydrogen) atoms. The van der Waals surface area contributed by atoms with E-state index in [-0.39, 0.29) is 15.2 Å². The predicted octanol–water partition coefficient (Wildman–Crippen LogP) is -0.270.